The van der Waals surface area contributed by atoms with Crippen LogP contribution in [0, 0.1) is 0 Å². The van der Waals surface area contributed by atoms with Crippen molar-refractivity contribution in [3.8, 4) is 0 Å². The van der Waals surface area contributed by atoms with Crippen molar-refractivity contribution in [2.75, 3.05) is 39.6 Å². The van der Waals surface area contributed by atoms with Gasteiger partial charge in [-0.1, -0.05) is 486 Å². The maximum atomic E-state index is 13.2. The van der Waals surface area contributed by atoms with E-state index in [4.69, 9.17) is 32.3 Å². The summed E-state index contributed by atoms with van der Waals surface area (Å²) in [6.07, 6.45) is 144. The van der Waals surface area contributed by atoms with Gasteiger partial charge >= 0.3 is 33.6 Å². The Balaban J connectivity index is 4.59. The molecule has 18 heteroatoms. The van der Waals surface area contributed by atoms with Gasteiger partial charge in [0.15, 0.2) is 6.10 Å². The molecule has 0 aliphatic carbocycles. The van der Waals surface area contributed by atoms with Crippen LogP contribution in [0.1, 0.15) is 483 Å². The average molecular weight is 1930 g/mol. The van der Waals surface area contributed by atoms with Crippen LogP contribution in [0.3, 0.4) is 0 Å². The number of phosphoric acid groups is 2. The molecular formula is C117H202O16P2. The summed E-state index contributed by atoms with van der Waals surface area (Å²) < 4.78 is 61.8. The van der Waals surface area contributed by atoms with Gasteiger partial charge in [0.1, 0.15) is 25.4 Å². The molecule has 0 amide bonds. The lowest BCUT2D eigenvalue weighted by atomic mass is 10.0. The van der Waals surface area contributed by atoms with Gasteiger partial charge in [0.25, 0.3) is 0 Å². The first-order valence-electron chi connectivity index (χ1n) is 55.1. The van der Waals surface area contributed by atoms with E-state index >= 15 is 0 Å². The number of rotatable bonds is 104. The fraction of sp³-hybridized carbons (Fsp3) is 0.718. The summed E-state index contributed by atoms with van der Waals surface area (Å²) in [5.41, 5.74) is 0. The number of phosphoric ester groups is 2. The molecule has 0 saturated carbocycles. The smallest absolute Gasteiger partial charge is 0.463 e. The Bertz CT molecular complexity index is 3190. The highest BCUT2D eigenvalue weighted by atomic mass is 31.2. The van der Waals surface area contributed by atoms with Crippen LogP contribution < -0.4 is 0 Å². The SMILES string of the molecule is CC/C=C\C/C=C\C/C=C\C/C=C\C/C=C\C/C=C\CCCCCCCCCCCCCCCCC(=O)OCC(COP(=O)(O)OCC(O)COP(=O)(O)OCC(O)COC(=O)CCCCCCCCCCCCCCCCCCCCC/C=C\C/C=C\C/C=C\C/C=C\C/C=C\CC)OC(=O)CCCCCCCCCCCCCCCCC/C=C\C/C=C\C/C=C\C/C=C\CCCCC. The zero-order valence-corrected chi connectivity index (χ0v) is 88.1. The van der Waals surface area contributed by atoms with Crippen molar-refractivity contribution in [3.63, 3.8) is 0 Å². The maximum absolute atomic E-state index is 13.2. The third kappa shape index (κ3) is 109. The lowest BCUT2D eigenvalue weighted by Gasteiger charge is -2.21. The molecule has 0 bridgehead atoms. The number of allylic oxidation sites excluding steroid dienone is 30. The van der Waals surface area contributed by atoms with Crippen LogP contribution in [-0.4, -0.2) is 95.9 Å². The van der Waals surface area contributed by atoms with Crippen molar-refractivity contribution >= 4 is 33.6 Å². The molecule has 0 aromatic rings. The van der Waals surface area contributed by atoms with Crippen LogP contribution in [0.5, 0.6) is 0 Å². The topological polar surface area (TPSA) is 231 Å². The average Bonchev–Trinajstić information content (AvgIpc) is 0.895. The van der Waals surface area contributed by atoms with Crippen LogP contribution in [0.2, 0.25) is 0 Å². The van der Waals surface area contributed by atoms with Gasteiger partial charge < -0.3 is 34.2 Å². The third-order valence-corrected chi connectivity index (χ3v) is 25.5. The molecule has 16 nitrogen and oxygen atoms in total. The minimum atomic E-state index is -4.95. The summed E-state index contributed by atoms with van der Waals surface area (Å²) in [6.45, 7) is 2.52. The van der Waals surface area contributed by atoms with E-state index in [2.05, 4.69) is 203 Å². The largest absolute Gasteiger partial charge is 0.472 e. The molecule has 0 fully saturated rings. The van der Waals surface area contributed by atoms with Crippen molar-refractivity contribution in [2.45, 2.75) is 501 Å². The molecule has 0 heterocycles. The van der Waals surface area contributed by atoms with E-state index in [1.54, 1.807) is 0 Å². The normalized spacial score (nSPS) is 14.3. The van der Waals surface area contributed by atoms with Gasteiger partial charge in [0.2, 0.25) is 0 Å². The molecule has 0 aliphatic rings. The molecule has 4 N–H and O–H groups in total. The summed E-state index contributed by atoms with van der Waals surface area (Å²) in [5, 5.41) is 20.8. The number of ether oxygens (including phenoxy) is 3. The van der Waals surface area contributed by atoms with Crippen LogP contribution in [-0.2, 0) is 55.8 Å². The standard InChI is InChI=1S/C117H202O16P2/c1-4-7-10-13-16-19-22-25-28-31-34-37-40-43-46-49-52-54-55-57-60-61-64-67-70-73-76-79-82-85-88-91-94-97-100-103-115(120)127-106-112(118)107-129-134(123,124)130-108-113(119)109-131-135(125,126)132-111-114(133-117(122)105-102-99-96-93-90-87-84-81-78-75-72-69-66-63-58-51-48-45-42-39-36-33-30-27-24-21-18-15-12-9-6-3)110-128-116(121)104-101-98-95-92-89-86-83-80-77-74-71-68-65-62-59-56-53-50-47-44-41-38-35-32-29-26-23-20-17-14-11-8-5-2/h7-8,10-11,16-21,25-30,34-39,43-48,53,56,112-114,118-119H,4-6,9,12-15,22-24,31-33,40-42,49-52,54-55,57-111H2,1-3H3,(H,123,124)(H,125,126)/b10-7-,11-8-,19-16-,20-17-,21-18-,28-25-,29-26-,30-27-,37-34-,38-35-,39-36-,46-43-,47-44-,48-45-,56-53-. The molecule has 776 valence electrons. The molecule has 5 unspecified atom stereocenters. The summed E-state index contributed by atoms with van der Waals surface area (Å²) in [5.74, 6) is -1.55. The first-order valence-corrected chi connectivity index (χ1v) is 58.1. The van der Waals surface area contributed by atoms with Crippen LogP contribution in [0.25, 0.3) is 0 Å². The Labute approximate surface area is 827 Å². The lowest BCUT2D eigenvalue weighted by molar-refractivity contribution is -0.161. The van der Waals surface area contributed by atoms with Gasteiger partial charge in [-0.15, -0.1) is 0 Å². The van der Waals surface area contributed by atoms with E-state index in [-0.39, 0.29) is 19.3 Å². The molecule has 5 atom stereocenters. The van der Waals surface area contributed by atoms with Crippen LogP contribution in [0.4, 0.5) is 0 Å². The van der Waals surface area contributed by atoms with E-state index in [1.807, 2.05) is 0 Å². The number of hydrogen-bond acceptors (Lipinski definition) is 14. The zero-order valence-electron chi connectivity index (χ0n) is 86.3. The molecule has 0 radical (unpaired) electrons. The maximum Gasteiger partial charge on any atom is 0.472 e. The highest BCUT2D eigenvalue weighted by Gasteiger charge is 2.30. The third-order valence-electron chi connectivity index (χ3n) is 23.6. The summed E-state index contributed by atoms with van der Waals surface area (Å²) in [6, 6.07) is 0. The number of carbonyl (C=O) groups is 3. The predicted molar refractivity (Wildman–Crippen MR) is 574 cm³/mol. The Morgan fingerprint density at radius 1 is 0.215 bits per heavy atom. The van der Waals surface area contributed by atoms with Crippen molar-refractivity contribution in [3.05, 3.63) is 182 Å². The number of carbonyl (C=O) groups excluding carboxylic acids is 3. The minimum absolute atomic E-state index is 0.102. The second-order valence-corrected chi connectivity index (χ2v) is 39.6. The van der Waals surface area contributed by atoms with Gasteiger partial charge in [0, 0.05) is 19.3 Å². The lowest BCUT2D eigenvalue weighted by Crippen LogP contribution is -2.30. The van der Waals surface area contributed by atoms with Gasteiger partial charge in [-0.3, -0.25) is 32.5 Å². The highest BCUT2D eigenvalue weighted by Crippen LogP contribution is 2.45. The molecule has 0 saturated heterocycles. The minimum Gasteiger partial charge on any atom is -0.463 e. The first kappa shape index (κ1) is 130. The fourth-order valence-electron chi connectivity index (χ4n) is 15.4. The van der Waals surface area contributed by atoms with Crippen molar-refractivity contribution in [1.29, 1.82) is 0 Å². The summed E-state index contributed by atoms with van der Waals surface area (Å²) in [7, 11) is -9.82. The van der Waals surface area contributed by atoms with Gasteiger partial charge in [-0.2, -0.15) is 0 Å². The molecule has 135 heavy (non-hydrogen) atoms. The number of unbranched alkanes of at least 4 members (excludes halogenated alkanes) is 51. The summed E-state index contributed by atoms with van der Waals surface area (Å²) in [4.78, 5) is 59.4. The number of aliphatic hydroxyl groups excluding tert-OH is 2. The predicted octanol–water partition coefficient (Wildman–Crippen LogP) is 35.5. The molecule has 0 rings (SSSR count). The summed E-state index contributed by atoms with van der Waals surface area (Å²) >= 11 is 0. The highest BCUT2D eigenvalue weighted by molar-refractivity contribution is 7.47. The van der Waals surface area contributed by atoms with E-state index in [9.17, 15) is 43.5 Å². The van der Waals surface area contributed by atoms with Gasteiger partial charge in [0.05, 0.1) is 26.4 Å². The van der Waals surface area contributed by atoms with E-state index in [1.165, 1.54) is 263 Å². The van der Waals surface area contributed by atoms with E-state index < -0.39 is 91.5 Å². The quantitative estimate of drug-likeness (QED) is 0.0146. The van der Waals surface area contributed by atoms with Gasteiger partial charge in [-0.25, -0.2) is 9.13 Å². The Hall–Kier alpha value is -5.35. The van der Waals surface area contributed by atoms with Crippen molar-refractivity contribution in [2.24, 2.45) is 0 Å². The van der Waals surface area contributed by atoms with Crippen LogP contribution >= 0.6 is 15.6 Å². The molecule has 0 spiro atoms. The monoisotopic (exact) mass is 1930 g/mol. The van der Waals surface area contributed by atoms with Crippen molar-refractivity contribution < 1.29 is 75.8 Å². The second-order valence-electron chi connectivity index (χ2n) is 36.7. The Morgan fingerprint density at radius 3 is 0.622 bits per heavy atom. The fourth-order valence-corrected chi connectivity index (χ4v) is 16.9. The van der Waals surface area contributed by atoms with Crippen LogP contribution in [0.15, 0.2) is 182 Å². The molecule has 0 aliphatic heterocycles. The molecular weight excluding hydrogens is 1720 g/mol. The Kier molecular flexibility index (Phi) is 103. The zero-order chi connectivity index (χ0) is 97.8. The first-order chi connectivity index (χ1) is 66.2. The second kappa shape index (κ2) is 107. The molecule has 0 aromatic carbocycles. The number of aliphatic hydroxyl groups is 2. The Morgan fingerprint density at radius 2 is 0.393 bits per heavy atom. The number of hydrogen-bond donors (Lipinski definition) is 4. The van der Waals surface area contributed by atoms with E-state index in [0.717, 1.165) is 161 Å². The number of esters is 3. The van der Waals surface area contributed by atoms with Crippen molar-refractivity contribution in [1.82, 2.24) is 0 Å². The molecule has 0 aromatic heterocycles. The van der Waals surface area contributed by atoms with Gasteiger partial charge in [-0.05, 0) is 161 Å². The van der Waals surface area contributed by atoms with E-state index in [0.29, 0.717) is 19.3 Å².